The number of aromatic nitrogens is 2. The Hall–Kier alpha value is -3.07. The molecule has 4 atom stereocenters. The van der Waals surface area contributed by atoms with Crippen LogP contribution in [0.25, 0.3) is 22.4 Å². The van der Waals surface area contributed by atoms with Crippen LogP contribution in [-0.2, 0) is 9.47 Å². The van der Waals surface area contributed by atoms with Gasteiger partial charge in [0.25, 0.3) is 0 Å². The highest BCUT2D eigenvalue weighted by atomic mass is 32.1. The lowest BCUT2D eigenvalue weighted by Crippen LogP contribution is -2.49. The number of thiocarbonyl (C=S) groups is 1. The number of hydrogen-bond acceptors (Lipinski definition) is 6. The van der Waals surface area contributed by atoms with Gasteiger partial charge in [-0.2, -0.15) is 0 Å². The first-order chi connectivity index (χ1) is 17.1. The Morgan fingerprint density at radius 1 is 0.914 bits per heavy atom. The lowest BCUT2D eigenvalue weighted by atomic mass is 10.0. The second-order valence-corrected chi connectivity index (χ2v) is 9.82. The van der Waals surface area contributed by atoms with Gasteiger partial charge in [-0.3, -0.25) is 0 Å². The first-order valence-corrected chi connectivity index (χ1v) is 12.5. The summed E-state index contributed by atoms with van der Waals surface area (Å²) in [7, 11) is 0. The van der Waals surface area contributed by atoms with Crippen LogP contribution in [0.1, 0.15) is 13.8 Å². The van der Waals surface area contributed by atoms with E-state index in [4.69, 9.17) is 26.7 Å². The molecule has 3 heterocycles. The Kier molecular flexibility index (Phi) is 7.22. The third-order valence-electron chi connectivity index (χ3n) is 6.30. The Balaban J connectivity index is 1.21. The van der Waals surface area contributed by atoms with Crippen molar-refractivity contribution in [1.29, 1.82) is 0 Å². The standard InChI is InChI=1S/C27H31N5O2S/c1-17(2)14-29-27(35)32-23-16-34-24-22(15-33-25(23)24)31-26-28-13-12-21(30-26)20-10-8-19(9-11-20)18-6-4-3-5-7-18/h3-13,17,22-25H,14-16H2,1-2H3,(H,28,30,31)(H2,29,32,35)/t22-,23-,24+,25+/m0/s1. The summed E-state index contributed by atoms with van der Waals surface area (Å²) in [6.45, 7) is 6.21. The van der Waals surface area contributed by atoms with Crippen LogP contribution >= 0.6 is 12.2 Å². The molecule has 0 saturated carbocycles. The molecule has 0 amide bonds. The van der Waals surface area contributed by atoms with Crippen molar-refractivity contribution >= 4 is 23.3 Å². The Labute approximate surface area is 211 Å². The number of ether oxygens (including phenoxy) is 2. The zero-order chi connectivity index (χ0) is 24.2. The first kappa shape index (κ1) is 23.7. The van der Waals surface area contributed by atoms with Gasteiger partial charge < -0.3 is 25.4 Å². The van der Waals surface area contributed by atoms with E-state index in [1.54, 1.807) is 6.20 Å². The summed E-state index contributed by atoms with van der Waals surface area (Å²) in [6.07, 6.45) is 1.62. The maximum absolute atomic E-state index is 6.08. The maximum Gasteiger partial charge on any atom is 0.223 e. The van der Waals surface area contributed by atoms with Gasteiger partial charge in [0.15, 0.2) is 5.11 Å². The molecule has 35 heavy (non-hydrogen) atoms. The van der Waals surface area contributed by atoms with E-state index in [9.17, 15) is 0 Å². The second-order valence-electron chi connectivity index (χ2n) is 9.41. The third-order valence-corrected chi connectivity index (χ3v) is 6.56. The van der Waals surface area contributed by atoms with E-state index in [1.165, 1.54) is 11.1 Å². The molecule has 2 aliphatic rings. The van der Waals surface area contributed by atoms with Crippen molar-refractivity contribution in [2.24, 2.45) is 5.92 Å². The number of anilines is 1. The van der Waals surface area contributed by atoms with Crippen molar-refractivity contribution < 1.29 is 9.47 Å². The molecule has 2 fully saturated rings. The van der Waals surface area contributed by atoms with Crippen molar-refractivity contribution in [3.8, 4) is 22.4 Å². The average molecular weight is 490 g/mol. The van der Waals surface area contributed by atoms with Gasteiger partial charge >= 0.3 is 0 Å². The average Bonchev–Trinajstić information content (AvgIpc) is 3.47. The molecule has 0 unspecified atom stereocenters. The van der Waals surface area contributed by atoms with E-state index < -0.39 is 0 Å². The summed E-state index contributed by atoms with van der Waals surface area (Å²) < 4.78 is 12.2. The van der Waals surface area contributed by atoms with Crippen molar-refractivity contribution in [2.45, 2.75) is 38.1 Å². The molecule has 2 aliphatic heterocycles. The maximum atomic E-state index is 6.08. The molecule has 0 spiro atoms. The molecule has 3 aromatic rings. The number of nitrogens with one attached hydrogen (secondary N) is 3. The summed E-state index contributed by atoms with van der Waals surface area (Å²) in [5.41, 5.74) is 4.28. The van der Waals surface area contributed by atoms with Gasteiger partial charge in [0.2, 0.25) is 5.95 Å². The van der Waals surface area contributed by atoms with Crippen LogP contribution in [0, 0.1) is 5.92 Å². The van der Waals surface area contributed by atoms with Gasteiger partial charge in [0, 0.05) is 18.3 Å². The van der Waals surface area contributed by atoms with Gasteiger partial charge in [-0.05, 0) is 35.3 Å². The highest BCUT2D eigenvalue weighted by molar-refractivity contribution is 7.80. The van der Waals surface area contributed by atoms with Gasteiger partial charge in [0.05, 0.1) is 31.0 Å². The van der Waals surface area contributed by atoms with E-state index in [0.717, 1.165) is 17.8 Å². The van der Waals surface area contributed by atoms with E-state index in [-0.39, 0.29) is 24.3 Å². The Morgan fingerprint density at radius 3 is 2.31 bits per heavy atom. The van der Waals surface area contributed by atoms with Gasteiger partial charge in [-0.1, -0.05) is 68.4 Å². The molecular weight excluding hydrogens is 458 g/mol. The molecule has 1 aromatic heterocycles. The predicted molar refractivity (Wildman–Crippen MR) is 142 cm³/mol. The molecule has 8 heteroatoms. The van der Waals surface area contributed by atoms with Crippen molar-refractivity contribution in [3.05, 3.63) is 66.9 Å². The number of rotatable bonds is 7. The number of hydrogen-bond donors (Lipinski definition) is 3. The molecule has 182 valence electrons. The lowest BCUT2D eigenvalue weighted by Gasteiger charge is -2.20. The van der Waals surface area contributed by atoms with Crippen molar-refractivity contribution in [2.75, 3.05) is 25.1 Å². The van der Waals surface area contributed by atoms with Crippen molar-refractivity contribution in [3.63, 3.8) is 0 Å². The molecule has 3 N–H and O–H groups in total. The molecule has 2 aromatic carbocycles. The summed E-state index contributed by atoms with van der Waals surface area (Å²) in [5, 5.41) is 10.7. The van der Waals surface area contributed by atoms with Gasteiger partial charge in [-0.25, -0.2) is 9.97 Å². The largest absolute Gasteiger partial charge is 0.371 e. The van der Waals surface area contributed by atoms with Gasteiger partial charge in [0.1, 0.15) is 12.2 Å². The monoisotopic (exact) mass is 489 g/mol. The fraction of sp³-hybridized carbons (Fsp3) is 0.370. The molecular formula is C27H31N5O2S. The summed E-state index contributed by atoms with van der Waals surface area (Å²) >= 11 is 5.43. The van der Waals surface area contributed by atoms with Crippen LogP contribution < -0.4 is 16.0 Å². The normalized spacial score (nSPS) is 23.2. The van der Waals surface area contributed by atoms with E-state index >= 15 is 0 Å². The van der Waals surface area contributed by atoms with Crippen LogP contribution in [0.3, 0.4) is 0 Å². The predicted octanol–water partition coefficient (Wildman–Crippen LogP) is 3.88. The molecule has 0 bridgehead atoms. The number of benzene rings is 2. The minimum atomic E-state index is -0.0854. The third kappa shape index (κ3) is 5.61. The summed E-state index contributed by atoms with van der Waals surface area (Å²) in [5.74, 6) is 1.09. The topological polar surface area (TPSA) is 80.3 Å². The van der Waals surface area contributed by atoms with Crippen LogP contribution in [0.2, 0.25) is 0 Å². The Bertz CT molecular complexity index is 1140. The molecule has 0 radical (unpaired) electrons. The van der Waals surface area contributed by atoms with Gasteiger partial charge in [-0.15, -0.1) is 0 Å². The minimum Gasteiger partial charge on any atom is -0.371 e. The van der Waals surface area contributed by atoms with E-state index in [2.05, 4.69) is 71.2 Å². The first-order valence-electron chi connectivity index (χ1n) is 12.1. The van der Waals surface area contributed by atoms with Crippen LogP contribution in [-0.4, -0.2) is 59.1 Å². The molecule has 7 nitrogen and oxygen atoms in total. The zero-order valence-electron chi connectivity index (χ0n) is 20.0. The van der Waals surface area contributed by atoms with E-state index in [1.807, 2.05) is 24.3 Å². The smallest absolute Gasteiger partial charge is 0.223 e. The van der Waals surface area contributed by atoms with Crippen LogP contribution in [0.4, 0.5) is 5.95 Å². The lowest BCUT2D eigenvalue weighted by molar-refractivity contribution is 0.0688. The molecule has 0 aliphatic carbocycles. The zero-order valence-corrected chi connectivity index (χ0v) is 20.8. The highest BCUT2D eigenvalue weighted by Gasteiger charge is 2.48. The summed E-state index contributed by atoms with van der Waals surface area (Å²) in [4.78, 5) is 9.19. The Morgan fingerprint density at radius 2 is 1.57 bits per heavy atom. The second kappa shape index (κ2) is 10.7. The highest BCUT2D eigenvalue weighted by Crippen LogP contribution is 2.29. The fourth-order valence-electron chi connectivity index (χ4n) is 4.48. The van der Waals surface area contributed by atoms with Crippen LogP contribution in [0.5, 0.6) is 0 Å². The molecule has 5 rings (SSSR count). The SMILES string of the molecule is CC(C)CNC(=S)N[C@H]1CO[C@H]2[C@@H]1OC[C@@H]2Nc1nccc(-c2ccc(-c3ccccc3)cc2)n1. The molecule has 2 saturated heterocycles. The van der Waals surface area contributed by atoms with Crippen molar-refractivity contribution in [1.82, 2.24) is 20.6 Å². The minimum absolute atomic E-state index is 0.0225. The quantitative estimate of drug-likeness (QED) is 0.432. The summed E-state index contributed by atoms with van der Waals surface area (Å²) in [6, 6.07) is 20.7. The fourth-order valence-corrected chi connectivity index (χ4v) is 4.72. The van der Waals surface area contributed by atoms with E-state index in [0.29, 0.717) is 30.2 Å². The van der Waals surface area contributed by atoms with Crippen LogP contribution in [0.15, 0.2) is 66.9 Å². The number of fused-ring (bicyclic) bond motifs is 1. The number of nitrogens with zero attached hydrogens (tertiary/aromatic N) is 2.